The van der Waals surface area contributed by atoms with Crippen molar-refractivity contribution in [3.63, 3.8) is 0 Å². The van der Waals surface area contributed by atoms with Crippen molar-refractivity contribution in [2.45, 2.75) is 24.8 Å². The number of nitrogens with zero attached hydrogens (tertiary/aromatic N) is 6. The third-order valence-corrected chi connectivity index (χ3v) is 5.23. The van der Waals surface area contributed by atoms with Gasteiger partial charge in [0.05, 0.1) is 24.5 Å². The van der Waals surface area contributed by atoms with E-state index >= 15 is 0 Å². The van der Waals surface area contributed by atoms with Crippen LogP contribution in [0.1, 0.15) is 36.1 Å². The predicted molar refractivity (Wildman–Crippen MR) is 94.4 cm³/mol. The number of nitrogens with one attached hydrogen (secondary N) is 1. The zero-order valence-electron chi connectivity index (χ0n) is 13.3. The highest BCUT2D eigenvalue weighted by Crippen LogP contribution is 2.41. The van der Waals surface area contributed by atoms with E-state index in [-0.39, 0.29) is 6.04 Å². The van der Waals surface area contributed by atoms with E-state index in [1.165, 1.54) is 30.1 Å². The molecule has 0 spiro atoms. The topological polar surface area (TPSA) is 70.7 Å². The first kappa shape index (κ1) is 13.9. The second kappa shape index (κ2) is 5.27. The van der Waals surface area contributed by atoms with Crippen LogP contribution < -0.4 is 5.32 Å². The maximum atomic E-state index is 4.70. The zero-order valence-corrected chi connectivity index (χ0v) is 14.1. The largest absolute Gasteiger partial charge is 0.328 e. The summed E-state index contributed by atoms with van der Waals surface area (Å²) in [5.41, 5.74) is 2.36. The molecule has 3 aliphatic rings. The third-order valence-electron chi connectivity index (χ3n) is 4.51. The lowest BCUT2D eigenvalue weighted by Gasteiger charge is -2.26. The van der Waals surface area contributed by atoms with E-state index in [1.54, 1.807) is 0 Å². The standard InChI is InChI=1S/C16H17N7S/c1-22-9-11(7-19-22)13-8-18-16-15(17-4-5-23(13)16)20-14-6-12(21-24-14)10-2-3-10/h4-7,9-10,13H,2-3,8H2,1H3,(H,17,20). The highest BCUT2D eigenvalue weighted by molar-refractivity contribution is 7.10. The van der Waals surface area contributed by atoms with Gasteiger partial charge in [-0.15, -0.1) is 0 Å². The first-order valence-corrected chi connectivity index (χ1v) is 8.85. The van der Waals surface area contributed by atoms with Crippen LogP contribution in [0, 0.1) is 0 Å². The summed E-state index contributed by atoms with van der Waals surface area (Å²) >= 11 is 1.49. The highest BCUT2D eigenvalue weighted by atomic mass is 32.1. The Bertz CT molecular complexity index is 871. The van der Waals surface area contributed by atoms with Gasteiger partial charge in [-0.05, 0) is 30.4 Å². The molecule has 1 atom stereocenters. The number of fused-ring (bicyclic) bond motifs is 1. The molecule has 0 amide bonds. The van der Waals surface area contributed by atoms with Crippen molar-refractivity contribution in [3.05, 3.63) is 42.1 Å². The van der Waals surface area contributed by atoms with E-state index in [0.29, 0.717) is 12.5 Å². The van der Waals surface area contributed by atoms with Crippen molar-refractivity contribution < 1.29 is 0 Å². The van der Waals surface area contributed by atoms with Gasteiger partial charge in [0.2, 0.25) is 0 Å². The molecule has 4 heterocycles. The molecule has 1 N–H and O–H groups in total. The molecule has 0 bridgehead atoms. The number of aliphatic imine (C=N–C) groups is 2. The van der Waals surface area contributed by atoms with Crippen LogP contribution in [0.25, 0.3) is 0 Å². The van der Waals surface area contributed by atoms with E-state index in [9.17, 15) is 0 Å². The molecule has 7 nitrogen and oxygen atoms in total. The van der Waals surface area contributed by atoms with Gasteiger partial charge in [-0.25, -0.2) is 4.99 Å². The Balaban J connectivity index is 1.36. The summed E-state index contributed by atoms with van der Waals surface area (Å²) in [7, 11) is 1.93. The average Bonchev–Trinajstić information content (AvgIpc) is 2.97. The summed E-state index contributed by atoms with van der Waals surface area (Å²) in [6.07, 6.45) is 10.3. The SMILES string of the molecule is Cn1cc(C2CN=C3C(Nc4cc(C5CC5)ns4)=NC=CN32)cn1. The number of hydrogen-bond donors (Lipinski definition) is 1. The zero-order chi connectivity index (χ0) is 16.1. The Morgan fingerprint density at radius 2 is 2.25 bits per heavy atom. The molecule has 1 saturated carbocycles. The van der Waals surface area contributed by atoms with E-state index in [0.717, 1.165) is 22.2 Å². The Morgan fingerprint density at radius 3 is 3.04 bits per heavy atom. The van der Waals surface area contributed by atoms with Crippen LogP contribution in [0.5, 0.6) is 0 Å². The van der Waals surface area contributed by atoms with E-state index in [2.05, 4.69) is 30.7 Å². The first-order chi connectivity index (χ1) is 11.8. The van der Waals surface area contributed by atoms with Gasteiger partial charge < -0.3 is 10.2 Å². The van der Waals surface area contributed by atoms with E-state index in [4.69, 9.17) is 4.99 Å². The molecule has 8 heteroatoms. The Morgan fingerprint density at radius 1 is 1.33 bits per heavy atom. The number of hydrogen-bond acceptors (Lipinski definition) is 7. The van der Waals surface area contributed by atoms with Crippen LogP contribution in [-0.4, -0.2) is 37.3 Å². The quantitative estimate of drug-likeness (QED) is 0.933. The van der Waals surface area contributed by atoms with Crippen LogP contribution in [0.3, 0.4) is 0 Å². The van der Waals surface area contributed by atoms with Crippen LogP contribution in [0.15, 0.2) is 40.8 Å². The van der Waals surface area contributed by atoms with E-state index < -0.39 is 0 Å². The average molecular weight is 339 g/mol. The van der Waals surface area contributed by atoms with Crippen molar-refractivity contribution in [1.29, 1.82) is 0 Å². The fourth-order valence-corrected chi connectivity index (χ4v) is 3.82. The van der Waals surface area contributed by atoms with Gasteiger partial charge in [-0.1, -0.05) is 0 Å². The summed E-state index contributed by atoms with van der Waals surface area (Å²) in [6, 6.07) is 2.32. The lowest BCUT2D eigenvalue weighted by molar-refractivity contribution is 0.458. The maximum absolute atomic E-state index is 4.70. The fraction of sp³-hybridized carbons (Fsp3) is 0.375. The highest BCUT2D eigenvalue weighted by Gasteiger charge is 2.33. The summed E-state index contributed by atoms with van der Waals surface area (Å²) in [5.74, 6) is 2.34. The fourth-order valence-electron chi connectivity index (χ4n) is 3.10. The smallest absolute Gasteiger partial charge is 0.174 e. The molecular formula is C16H17N7S. The van der Waals surface area contributed by atoms with Gasteiger partial charge in [-0.2, -0.15) is 9.47 Å². The Labute approximate surface area is 143 Å². The molecular weight excluding hydrogens is 322 g/mol. The van der Waals surface area contributed by atoms with Crippen molar-refractivity contribution in [3.8, 4) is 0 Å². The van der Waals surface area contributed by atoms with Crippen LogP contribution >= 0.6 is 11.5 Å². The van der Waals surface area contributed by atoms with Crippen molar-refractivity contribution in [2.24, 2.45) is 17.0 Å². The molecule has 5 rings (SSSR count). The van der Waals surface area contributed by atoms with Crippen molar-refractivity contribution in [2.75, 3.05) is 11.9 Å². The second-order valence-corrected chi connectivity index (χ2v) is 7.13. The lowest BCUT2D eigenvalue weighted by Crippen LogP contribution is -2.36. The summed E-state index contributed by atoms with van der Waals surface area (Å²) in [6.45, 7) is 0.710. The molecule has 1 fully saturated rings. The molecule has 2 aliphatic heterocycles. The molecule has 1 aliphatic carbocycles. The normalized spacial score (nSPS) is 22.4. The summed E-state index contributed by atoms with van der Waals surface area (Å²) in [5, 5.41) is 8.69. The molecule has 122 valence electrons. The summed E-state index contributed by atoms with van der Waals surface area (Å²) < 4.78 is 6.36. The van der Waals surface area contributed by atoms with Crippen LogP contribution in [0.2, 0.25) is 0 Å². The van der Waals surface area contributed by atoms with Crippen molar-refractivity contribution in [1.82, 2.24) is 19.1 Å². The van der Waals surface area contributed by atoms with Gasteiger partial charge in [0.15, 0.2) is 11.7 Å². The lowest BCUT2D eigenvalue weighted by atomic mass is 10.1. The van der Waals surface area contributed by atoms with Gasteiger partial charge in [0.25, 0.3) is 0 Å². The van der Waals surface area contributed by atoms with Crippen LogP contribution in [0.4, 0.5) is 5.00 Å². The third kappa shape index (κ3) is 2.34. The number of amidine groups is 2. The van der Waals surface area contributed by atoms with Crippen molar-refractivity contribution >= 4 is 28.2 Å². The number of aromatic nitrogens is 3. The molecule has 2 aromatic rings. The minimum Gasteiger partial charge on any atom is -0.328 e. The van der Waals surface area contributed by atoms with Gasteiger partial charge in [-0.3, -0.25) is 9.67 Å². The molecule has 0 radical (unpaired) electrons. The second-order valence-electron chi connectivity index (χ2n) is 6.33. The van der Waals surface area contributed by atoms with Gasteiger partial charge in [0.1, 0.15) is 5.00 Å². The minimum absolute atomic E-state index is 0.181. The molecule has 2 aromatic heterocycles. The molecule has 0 saturated heterocycles. The molecule has 1 unspecified atom stereocenters. The van der Waals surface area contributed by atoms with E-state index in [1.807, 2.05) is 36.5 Å². The maximum Gasteiger partial charge on any atom is 0.174 e. The Hall–Kier alpha value is -2.48. The number of anilines is 1. The van der Waals surface area contributed by atoms with Crippen LogP contribution in [-0.2, 0) is 7.05 Å². The first-order valence-electron chi connectivity index (χ1n) is 8.08. The summed E-state index contributed by atoms with van der Waals surface area (Å²) in [4.78, 5) is 11.3. The Kier molecular flexibility index (Phi) is 3.05. The monoisotopic (exact) mass is 339 g/mol. The molecule has 0 aromatic carbocycles. The molecule has 24 heavy (non-hydrogen) atoms. The number of aryl methyl sites for hydroxylation is 1. The van der Waals surface area contributed by atoms with Gasteiger partial charge >= 0.3 is 0 Å². The number of rotatable bonds is 3. The predicted octanol–water partition coefficient (Wildman–Crippen LogP) is 2.50. The minimum atomic E-state index is 0.181. The van der Waals surface area contributed by atoms with Gasteiger partial charge in [0, 0.05) is 37.1 Å².